The van der Waals surface area contributed by atoms with Gasteiger partial charge in [0.15, 0.2) is 0 Å². The van der Waals surface area contributed by atoms with E-state index in [-0.39, 0.29) is 11.5 Å². The molecule has 1 aromatic rings. The third-order valence-electron chi connectivity index (χ3n) is 4.77. The zero-order valence-electron chi connectivity index (χ0n) is 11.8. The Morgan fingerprint density at radius 2 is 1.78 bits per heavy atom. The van der Waals surface area contributed by atoms with Gasteiger partial charge in [0.05, 0.1) is 0 Å². The van der Waals surface area contributed by atoms with Gasteiger partial charge in [0.25, 0.3) is 0 Å². The zero-order chi connectivity index (χ0) is 13.2. The Labute approximate surface area is 111 Å². The Hall–Kier alpha value is -1.02. The standard InChI is InChI=1S/C16H25NO/c1-4-12-7-9-13(10-8-12)18-15-11-14(17)16(15,5-2)6-3/h7-10,14-15H,4-6,11,17H2,1-3H3. The minimum atomic E-state index is 0.184. The maximum atomic E-state index is 6.19. The quantitative estimate of drug-likeness (QED) is 0.864. The summed E-state index contributed by atoms with van der Waals surface area (Å²) in [5, 5.41) is 0. The van der Waals surface area contributed by atoms with Gasteiger partial charge in [0, 0.05) is 17.9 Å². The van der Waals surface area contributed by atoms with Crippen LogP contribution in [0.15, 0.2) is 24.3 Å². The molecule has 2 heteroatoms. The molecule has 0 amide bonds. The highest BCUT2D eigenvalue weighted by atomic mass is 16.5. The SMILES string of the molecule is CCc1ccc(OC2CC(N)C2(CC)CC)cc1. The average Bonchev–Trinajstić information content (AvgIpc) is 2.40. The summed E-state index contributed by atoms with van der Waals surface area (Å²) in [5.41, 5.74) is 7.72. The van der Waals surface area contributed by atoms with Crippen LogP contribution in [0.4, 0.5) is 0 Å². The molecular formula is C16H25NO. The van der Waals surface area contributed by atoms with E-state index in [1.54, 1.807) is 0 Å². The van der Waals surface area contributed by atoms with Crippen LogP contribution in [0.1, 0.15) is 45.6 Å². The summed E-state index contributed by atoms with van der Waals surface area (Å²) >= 11 is 0. The number of hydrogen-bond donors (Lipinski definition) is 1. The van der Waals surface area contributed by atoms with Crippen molar-refractivity contribution in [2.24, 2.45) is 11.1 Å². The molecule has 0 saturated heterocycles. The fourth-order valence-electron chi connectivity index (χ4n) is 3.14. The minimum Gasteiger partial charge on any atom is -0.490 e. The van der Waals surface area contributed by atoms with Crippen LogP contribution in [0.3, 0.4) is 0 Å². The molecule has 2 atom stereocenters. The van der Waals surface area contributed by atoms with E-state index < -0.39 is 0 Å². The van der Waals surface area contributed by atoms with Crippen molar-refractivity contribution in [3.05, 3.63) is 29.8 Å². The molecule has 2 rings (SSSR count). The Balaban J connectivity index is 2.05. The highest BCUT2D eigenvalue weighted by molar-refractivity contribution is 5.28. The smallest absolute Gasteiger partial charge is 0.119 e. The maximum Gasteiger partial charge on any atom is 0.119 e. The molecule has 18 heavy (non-hydrogen) atoms. The van der Waals surface area contributed by atoms with Crippen LogP contribution in [0.5, 0.6) is 5.75 Å². The number of ether oxygens (including phenoxy) is 1. The largest absolute Gasteiger partial charge is 0.490 e. The summed E-state index contributed by atoms with van der Waals surface area (Å²) in [6.45, 7) is 6.61. The van der Waals surface area contributed by atoms with Crippen LogP contribution < -0.4 is 10.5 Å². The molecule has 0 aliphatic heterocycles. The monoisotopic (exact) mass is 247 g/mol. The zero-order valence-corrected chi connectivity index (χ0v) is 11.8. The van der Waals surface area contributed by atoms with Crippen molar-refractivity contribution in [2.45, 2.75) is 58.6 Å². The van der Waals surface area contributed by atoms with Crippen molar-refractivity contribution in [1.29, 1.82) is 0 Å². The van der Waals surface area contributed by atoms with Gasteiger partial charge >= 0.3 is 0 Å². The highest BCUT2D eigenvalue weighted by Crippen LogP contribution is 2.47. The Bertz CT molecular complexity index is 381. The molecule has 0 bridgehead atoms. The fraction of sp³-hybridized carbons (Fsp3) is 0.625. The van der Waals surface area contributed by atoms with E-state index >= 15 is 0 Å². The number of nitrogens with two attached hydrogens (primary N) is 1. The molecule has 1 aromatic carbocycles. The molecule has 0 heterocycles. The van der Waals surface area contributed by atoms with Gasteiger partial charge in [0.1, 0.15) is 11.9 Å². The molecule has 1 saturated carbocycles. The first-order valence-corrected chi connectivity index (χ1v) is 7.17. The molecule has 2 N–H and O–H groups in total. The van der Waals surface area contributed by atoms with Crippen molar-refractivity contribution in [3.63, 3.8) is 0 Å². The predicted molar refractivity (Wildman–Crippen MR) is 75.8 cm³/mol. The summed E-state index contributed by atoms with van der Waals surface area (Å²) in [6, 6.07) is 8.76. The number of aryl methyl sites for hydroxylation is 1. The summed E-state index contributed by atoms with van der Waals surface area (Å²) < 4.78 is 6.14. The van der Waals surface area contributed by atoms with Crippen molar-refractivity contribution in [1.82, 2.24) is 0 Å². The van der Waals surface area contributed by atoms with Crippen molar-refractivity contribution in [2.75, 3.05) is 0 Å². The summed E-state index contributed by atoms with van der Waals surface area (Å²) in [7, 11) is 0. The molecule has 100 valence electrons. The van der Waals surface area contributed by atoms with Crippen LogP contribution in [-0.4, -0.2) is 12.1 Å². The van der Waals surface area contributed by atoms with Crippen LogP contribution in [0.2, 0.25) is 0 Å². The lowest BCUT2D eigenvalue weighted by Crippen LogP contribution is -2.62. The van der Waals surface area contributed by atoms with Crippen LogP contribution in [-0.2, 0) is 6.42 Å². The second kappa shape index (κ2) is 5.31. The van der Waals surface area contributed by atoms with Crippen LogP contribution in [0.25, 0.3) is 0 Å². The topological polar surface area (TPSA) is 35.2 Å². The van der Waals surface area contributed by atoms with E-state index in [9.17, 15) is 0 Å². The molecule has 2 nitrogen and oxygen atoms in total. The van der Waals surface area contributed by atoms with Gasteiger partial charge in [-0.2, -0.15) is 0 Å². The van der Waals surface area contributed by atoms with E-state index in [1.165, 1.54) is 5.56 Å². The predicted octanol–water partition coefficient (Wildman–Crippen LogP) is 3.53. The number of hydrogen-bond acceptors (Lipinski definition) is 2. The fourth-order valence-corrected chi connectivity index (χ4v) is 3.14. The molecule has 1 aliphatic rings. The van der Waals surface area contributed by atoms with E-state index in [0.29, 0.717) is 6.04 Å². The second-order valence-corrected chi connectivity index (χ2v) is 5.39. The van der Waals surface area contributed by atoms with E-state index in [4.69, 9.17) is 10.5 Å². The molecule has 2 unspecified atom stereocenters. The van der Waals surface area contributed by atoms with Crippen LogP contribution in [0, 0.1) is 5.41 Å². The second-order valence-electron chi connectivity index (χ2n) is 5.39. The van der Waals surface area contributed by atoms with Crippen molar-refractivity contribution in [3.8, 4) is 5.75 Å². The van der Waals surface area contributed by atoms with Gasteiger partial charge < -0.3 is 10.5 Å². The third-order valence-corrected chi connectivity index (χ3v) is 4.77. The molecule has 0 radical (unpaired) electrons. The first kappa shape index (κ1) is 13.4. The van der Waals surface area contributed by atoms with Crippen molar-refractivity contribution >= 4 is 0 Å². The van der Waals surface area contributed by atoms with Gasteiger partial charge in [-0.1, -0.05) is 32.9 Å². The Kier molecular flexibility index (Phi) is 3.96. The van der Waals surface area contributed by atoms with E-state index in [1.807, 2.05) is 0 Å². The molecule has 1 aliphatic carbocycles. The van der Waals surface area contributed by atoms with Gasteiger partial charge in [-0.05, 0) is 37.0 Å². The first-order valence-electron chi connectivity index (χ1n) is 7.17. The molecule has 0 aromatic heterocycles. The van der Waals surface area contributed by atoms with Crippen LogP contribution >= 0.6 is 0 Å². The maximum absolute atomic E-state index is 6.19. The van der Waals surface area contributed by atoms with Gasteiger partial charge in [0.2, 0.25) is 0 Å². The minimum absolute atomic E-state index is 0.184. The van der Waals surface area contributed by atoms with Crippen molar-refractivity contribution < 1.29 is 4.74 Å². The Morgan fingerprint density at radius 1 is 1.17 bits per heavy atom. The van der Waals surface area contributed by atoms with Gasteiger partial charge in [-0.15, -0.1) is 0 Å². The third kappa shape index (κ3) is 2.14. The lowest BCUT2D eigenvalue weighted by atomic mass is 9.59. The van der Waals surface area contributed by atoms with E-state index in [2.05, 4.69) is 45.0 Å². The summed E-state index contributed by atoms with van der Waals surface area (Å²) in [6.07, 6.45) is 4.54. The lowest BCUT2D eigenvalue weighted by Gasteiger charge is -2.53. The average molecular weight is 247 g/mol. The molecule has 1 fully saturated rings. The number of benzene rings is 1. The van der Waals surface area contributed by atoms with Gasteiger partial charge in [-0.3, -0.25) is 0 Å². The highest BCUT2D eigenvalue weighted by Gasteiger charge is 2.52. The lowest BCUT2D eigenvalue weighted by molar-refractivity contribution is -0.0722. The summed E-state index contributed by atoms with van der Waals surface area (Å²) in [5.74, 6) is 0.982. The number of rotatable bonds is 5. The van der Waals surface area contributed by atoms with E-state index in [0.717, 1.165) is 31.4 Å². The normalized spacial score (nSPS) is 25.6. The molecule has 0 spiro atoms. The molecular weight excluding hydrogens is 222 g/mol. The Morgan fingerprint density at radius 3 is 2.22 bits per heavy atom. The van der Waals surface area contributed by atoms with Gasteiger partial charge in [-0.25, -0.2) is 0 Å². The summed E-state index contributed by atoms with van der Waals surface area (Å²) in [4.78, 5) is 0. The first-order chi connectivity index (χ1) is 8.66.